The van der Waals surface area contributed by atoms with Crippen LogP contribution < -0.4 is 0 Å². The molecule has 0 spiro atoms. The maximum atomic E-state index is 12.3. The van der Waals surface area contributed by atoms with Gasteiger partial charge in [-0.05, 0) is 12.1 Å². The van der Waals surface area contributed by atoms with Gasteiger partial charge in [0.1, 0.15) is 5.69 Å². The van der Waals surface area contributed by atoms with Crippen LogP contribution in [0.5, 0.6) is 0 Å². The molecule has 2 aromatic heterocycles. The molecule has 1 amide bonds. The summed E-state index contributed by atoms with van der Waals surface area (Å²) in [5, 5.41) is 2.10. The fourth-order valence-electron chi connectivity index (χ4n) is 2.46. The van der Waals surface area contributed by atoms with Crippen LogP contribution in [-0.2, 0) is 6.42 Å². The maximum absolute atomic E-state index is 12.3. The third-order valence-corrected chi connectivity index (χ3v) is 4.35. The second-order valence-corrected chi connectivity index (χ2v) is 5.80. The van der Waals surface area contributed by atoms with Gasteiger partial charge in [0.2, 0.25) is 0 Å². The quantitative estimate of drug-likeness (QED) is 0.859. The molecule has 3 rings (SSSR count). The molecule has 2 aromatic rings. The fraction of sp³-hybridized carbons (Fsp3) is 0.400. The van der Waals surface area contributed by atoms with Crippen LogP contribution in [0.25, 0.3) is 0 Å². The molecule has 21 heavy (non-hydrogen) atoms. The van der Waals surface area contributed by atoms with Crippen LogP contribution >= 0.6 is 11.3 Å². The Hall–Kier alpha value is -1.79. The Morgan fingerprint density at radius 1 is 1.19 bits per heavy atom. The molecule has 0 N–H and O–H groups in total. The first-order valence-electron chi connectivity index (χ1n) is 7.12. The van der Waals surface area contributed by atoms with Crippen molar-refractivity contribution in [3.8, 4) is 0 Å². The molecule has 1 fully saturated rings. The van der Waals surface area contributed by atoms with E-state index in [2.05, 4.69) is 20.2 Å². The number of nitrogens with zero attached hydrogens (tertiary/aromatic N) is 4. The molecule has 110 valence electrons. The number of pyridine rings is 1. The van der Waals surface area contributed by atoms with Crippen LogP contribution in [0.1, 0.15) is 16.2 Å². The standard InChI is InChI=1S/C15H18N4OS/c20-15(14-3-1-2-5-16-14)19-9-7-18(8-10-19)6-4-13-11-21-12-17-13/h1-3,5,11-12H,4,6-10H2. The molecule has 0 saturated carbocycles. The molecular formula is C15H18N4OS. The summed E-state index contributed by atoms with van der Waals surface area (Å²) >= 11 is 1.64. The Bertz CT molecular complexity index is 565. The van der Waals surface area contributed by atoms with Gasteiger partial charge in [0.05, 0.1) is 11.2 Å². The summed E-state index contributed by atoms with van der Waals surface area (Å²) in [4.78, 5) is 25.0. The monoisotopic (exact) mass is 302 g/mol. The van der Waals surface area contributed by atoms with Gasteiger partial charge in [-0.3, -0.25) is 14.7 Å². The highest BCUT2D eigenvalue weighted by molar-refractivity contribution is 7.07. The normalized spacial score (nSPS) is 16.1. The van der Waals surface area contributed by atoms with Crippen LogP contribution in [0.2, 0.25) is 0 Å². The molecular weight excluding hydrogens is 284 g/mol. The Labute approximate surface area is 128 Å². The summed E-state index contributed by atoms with van der Waals surface area (Å²) in [6, 6.07) is 5.45. The van der Waals surface area contributed by atoms with Gasteiger partial charge in [-0.2, -0.15) is 0 Å². The van der Waals surface area contributed by atoms with Crippen LogP contribution in [-0.4, -0.2) is 58.4 Å². The zero-order valence-corrected chi connectivity index (χ0v) is 12.6. The molecule has 5 nitrogen and oxygen atoms in total. The van der Waals surface area contributed by atoms with Crippen LogP contribution in [0.15, 0.2) is 35.3 Å². The highest BCUT2D eigenvalue weighted by atomic mass is 32.1. The third kappa shape index (κ3) is 3.65. The van der Waals surface area contributed by atoms with Gasteiger partial charge in [-0.15, -0.1) is 11.3 Å². The van der Waals surface area contributed by atoms with E-state index in [4.69, 9.17) is 0 Å². The van der Waals surface area contributed by atoms with E-state index in [1.165, 1.54) is 0 Å². The second kappa shape index (κ2) is 6.78. The number of rotatable bonds is 4. The lowest BCUT2D eigenvalue weighted by molar-refractivity contribution is 0.0632. The molecule has 1 aliphatic rings. The lowest BCUT2D eigenvalue weighted by Gasteiger charge is -2.34. The van der Waals surface area contributed by atoms with Gasteiger partial charge in [0, 0.05) is 50.7 Å². The number of hydrogen-bond donors (Lipinski definition) is 0. The Kier molecular flexibility index (Phi) is 4.57. The molecule has 3 heterocycles. The van der Waals surface area contributed by atoms with Crippen molar-refractivity contribution in [2.75, 3.05) is 32.7 Å². The molecule has 1 saturated heterocycles. The highest BCUT2D eigenvalue weighted by Gasteiger charge is 2.22. The predicted octanol–water partition coefficient (Wildman–Crippen LogP) is 1.54. The van der Waals surface area contributed by atoms with E-state index in [1.807, 2.05) is 22.5 Å². The summed E-state index contributed by atoms with van der Waals surface area (Å²) in [6.07, 6.45) is 2.65. The number of amides is 1. The molecule has 0 radical (unpaired) electrons. The summed E-state index contributed by atoms with van der Waals surface area (Å²) in [5.74, 6) is 0.0368. The summed E-state index contributed by atoms with van der Waals surface area (Å²) in [6.45, 7) is 4.39. The lowest BCUT2D eigenvalue weighted by Crippen LogP contribution is -2.49. The zero-order chi connectivity index (χ0) is 14.5. The van der Waals surface area contributed by atoms with Gasteiger partial charge < -0.3 is 4.90 Å². The van der Waals surface area contributed by atoms with Gasteiger partial charge in [0.25, 0.3) is 5.91 Å². The summed E-state index contributed by atoms with van der Waals surface area (Å²) in [5.41, 5.74) is 3.57. The van der Waals surface area contributed by atoms with E-state index in [0.717, 1.165) is 44.8 Å². The van der Waals surface area contributed by atoms with Crippen molar-refractivity contribution in [3.63, 3.8) is 0 Å². The van der Waals surface area contributed by atoms with Crippen molar-refractivity contribution in [2.45, 2.75) is 6.42 Å². The van der Waals surface area contributed by atoms with Crippen molar-refractivity contribution >= 4 is 17.2 Å². The molecule has 6 heteroatoms. The van der Waals surface area contributed by atoms with Crippen LogP contribution in [0.4, 0.5) is 0 Å². The smallest absolute Gasteiger partial charge is 0.272 e. The average molecular weight is 302 g/mol. The minimum Gasteiger partial charge on any atom is -0.335 e. The van der Waals surface area contributed by atoms with Crippen molar-refractivity contribution in [3.05, 3.63) is 46.7 Å². The summed E-state index contributed by atoms with van der Waals surface area (Å²) in [7, 11) is 0. The van der Waals surface area contributed by atoms with E-state index in [0.29, 0.717) is 5.69 Å². The first-order valence-corrected chi connectivity index (χ1v) is 8.07. The molecule has 1 aliphatic heterocycles. The minimum absolute atomic E-state index is 0.0368. The number of aromatic nitrogens is 2. The number of carbonyl (C=O) groups is 1. The van der Waals surface area contributed by atoms with E-state index in [1.54, 1.807) is 23.6 Å². The van der Waals surface area contributed by atoms with Crippen molar-refractivity contribution in [2.24, 2.45) is 0 Å². The van der Waals surface area contributed by atoms with E-state index >= 15 is 0 Å². The van der Waals surface area contributed by atoms with E-state index in [-0.39, 0.29) is 5.91 Å². The average Bonchev–Trinajstić information content (AvgIpc) is 3.07. The predicted molar refractivity (Wildman–Crippen MR) is 82.4 cm³/mol. The SMILES string of the molecule is O=C(c1ccccn1)N1CCN(CCc2cscn2)CC1. The van der Waals surface area contributed by atoms with Crippen molar-refractivity contribution in [1.82, 2.24) is 19.8 Å². The van der Waals surface area contributed by atoms with Gasteiger partial charge >= 0.3 is 0 Å². The minimum atomic E-state index is 0.0368. The maximum Gasteiger partial charge on any atom is 0.272 e. The lowest BCUT2D eigenvalue weighted by atomic mass is 10.2. The van der Waals surface area contributed by atoms with Crippen LogP contribution in [0.3, 0.4) is 0 Å². The van der Waals surface area contributed by atoms with Crippen LogP contribution in [0, 0.1) is 0 Å². The summed E-state index contributed by atoms with van der Waals surface area (Å²) < 4.78 is 0. The topological polar surface area (TPSA) is 49.3 Å². The van der Waals surface area contributed by atoms with E-state index < -0.39 is 0 Å². The molecule has 0 bridgehead atoms. The van der Waals surface area contributed by atoms with Gasteiger partial charge in [-0.1, -0.05) is 6.07 Å². The number of carbonyl (C=O) groups excluding carboxylic acids is 1. The Morgan fingerprint density at radius 2 is 2.05 bits per heavy atom. The molecule has 0 aromatic carbocycles. The largest absolute Gasteiger partial charge is 0.335 e. The first-order chi connectivity index (χ1) is 10.3. The van der Waals surface area contributed by atoms with Gasteiger partial charge in [-0.25, -0.2) is 4.98 Å². The molecule has 0 atom stereocenters. The van der Waals surface area contributed by atoms with Crippen molar-refractivity contribution < 1.29 is 4.79 Å². The second-order valence-electron chi connectivity index (χ2n) is 5.08. The number of piperazine rings is 1. The molecule has 0 aliphatic carbocycles. The molecule has 0 unspecified atom stereocenters. The number of hydrogen-bond acceptors (Lipinski definition) is 5. The Balaban J connectivity index is 1.47. The number of thiazole rings is 1. The third-order valence-electron chi connectivity index (χ3n) is 3.71. The Morgan fingerprint density at radius 3 is 2.71 bits per heavy atom. The van der Waals surface area contributed by atoms with E-state index in [9.17, 15) is 4.79 Å². The zero-order valence-electron chi connectivity index (χ0n) is 11.8. The highest BCUT2D eigenvalue weighted by Crippen LogP contribution is 2.08. The van der Waals surface area contributed by atoms with Crippen molar-refractivity contribution in [1.29, 1.82) is 0 Å². The first kappa shape index (κ1) is 14.2. The van der Waals surface area contributed by atoms with Gasteiger partial charge in [0.15, 0.2) is 0 Å². The fourth-order valence-corrected chi connectivity index (χ4v) is 3.05.